The smallest absolute Gasteiger partial charge is 0.134 e. The van der Waals surface area contributed by atoms with Crippen molar-refractivity contribution < 1.29 is 13.5 Å². The molecule has 0 saturated carbocycles. The van der Waals surface area contributed by atoms with E-state index >= 15 is 0 Å². The van der Waals surface area contributed by atoms with Gasteiger partial charge >= 0.3 is 0 Å². The van der Waals surface area contributed by atoms with Gasteiger partial charge in [0.05, 0.1) is 18.7 Å². The monoisotopic (exact) mass is 285 g/mol. The number of halogens is 1. The first-order chi connectivity index (χ1) is 10.2. The van der Waals surface area contributed by atoms with Gasteiger partial charge < -0.3 is 14.5 Å². The Morgan fingerprint density at radius 1 is 1.14 bits per heavy atom. The molecule has 0 radical (unpaired) electrons. The molecule has 0 aliphatic heterocycles. The standard InChI is InChI=1S/C17H16FNO2/c1-19-17(16-12(18)7-5-9-14(16)20-2)15-10-11-6-3-4-8-13(11)21-15/h3-10,17,19H,1-2H3. The fourth-order valence-electron chi connectivity index (χ4n) is 2.55. The van der Waals surface area contributed by atoms with Crippen molar-refractivity contribution in [3.05, 3.63) is 65.7 Å². The average molecular weight is 285 g/mol. The summed E-state index contributed by atoms with van der Waals surface area (Å²) in [5.74, 6) is 0.825. The predicted molar refractivity (Wildman–Crippen MR) is 80.1 cm³/mol. The summed E-state index contributed by atoms with van der Waals surface area (Å²) in [6.45, 7) is 0. The maximum absolute atomic E-state index is 14.3. The highest BCUT2D eigenvalue weighted by atomic mass is 19.1. The number of hydrogen-bond donors (Lipinski definition) is 1. The number of ether oxygens (including phenoxy) is 1. The molecule has 0 fully saturated rings. The summed E-state index contributed by atoms with van der Waals surface area (Å²) in [5, 5.41) is 4.09. The lowest BCUT2D eigenvalue weighted by Gasteiger charge is -2.18. The number of para-hydroxylation sites is 1. The molecule has 1 atom stereocenters. The van der Waals surface area contributed by atoms with Crippen molar-refractivity contribution in [2.75, 3.05) is 14.2 Å². The number of methoxy groups -OCH3 is 1. The molecule has 1 heterocycles. The Hall–Kier alpha value is -2.33. The second-order valence-electron chi connectivity index (χ2n) is 4.76. The average Bonchev–Trinajstić information content (AvgIpc) is 2.93. The Bertz CT molecular complexity index is 733. The van der Waals surface area contributed by atoms with Gasteiger partial charge in [-0.3, -0.25) is 0 Å². The molecule has 0 amide bonds. The molecule has 1 aromatic heterocycles. The Kier molecular flexibility index (Phi) is 3.62. The van der Waals surface area contributed by atoms with Gasteiger partial charge in [-0.2, -0.15) is 0 Å². The minimum atomic E-state index is -0.409. The van der Waals surface area contributed by atoms with Crippen molar-refractivity contribution in [1.82, 2.24) is 5.32 Å². The third-order valence-corrected chi connectivity index (χ3v) is 3.54. The van der Waals surface area contributed by atoms with Crippen molar-refractivity contribution in [1.29, 1.82) is 0 Å². The molecule has 108 valence electrons. The van der Waals surface area contributed by atoms with Gasteiger partial charge in [-0.25, -0.2) is 4.39 Å². The van der Waals surface area contributed by atoms with E-state index in [2.05, 4.69) is 5.32 Å². The minimum Gasteiger partial charge on any atom is -0.496 e. The maximum atomic E-state index is 14.3. The highest BCUT2D eigenvalue weighted by Gasteiger charge is 2.23. The fourth-order valence-corrected chi connectivity index (χ4v) is 2.55. The highest BCUT2D eigenvalue weighted by molar-refractivity contribution is 5.78. The van der Waals surface area contributed by atoms with E-state index in [1.165, 1.54) is 13.2 Å². The molecule has 0 spiro atoms. The first kappa shape index (κ1) is 13.6. The Balaban J connectivity index is 2.14. The van der Waals surface area contributed by atoms with Crippen LogP contribution in [-0.2, 0) is 0 Å². The molecular formula is C17H16FNO2. The third-order valence-electron chi connectivity index (χ3n) is 3.54. The van der Waals surface area contributed by atoms with Crippen LogP contribution in [0.2, 0.25) is 0 Å². The maximum Gasteiger partial charge on any atom is 0.134 e. The normalized spacial score (nSPS) is 12.5. The number of nitrogens with one attached hydrogen (secondary N) is 1. The summed E-state index contributed by atoms with van der Waals surface area (Å²) in [7, 11) is 3.30. The summed E-state index contributed by atoms with van der Waals surface area (Å²) in [6, 6.07) is 14.0. The van der Waals surface area contributed by atoms with Crippen molar-refractivity contribution >= 4 is 11.0 Å². The molecule has 21 heavy (non-hydrogen) atoms. The zero-order valence-corrected chi connectivity index (χ0v) is 11.9. The highest BCUT2D eigenvalue weighted by Crippen LogP contribution is 2.34. The van der Waals surface area contributed by atoms with E-state index < -0.39 is 6.04 Å². The van der Waals surface area contributed by atoms with Crippen molar-refractivity contribution in [3.63, 3.8) is 0 Å². The number of rotatable bonds is 4. The van der Waals surface area contributed by atoms with E-state index in [1.54, 1.807) is 19.2 Å². The second-order valence-corrected chi connectivity index (χ2v) is 4.76. The van der Waals surface area contributed by atoms with E-state index in [0.29, 0.717) is 17.1 Å². The van der Waals surface area contributed by atoms with E-state index in [4.69, 9.17) is 9.15 Å². The van der Waals surface area contributed by atoms with Crippen LogP contribution in [0.3, 0.4) is 0 Å². The van der Waals surface area contributed by atoms with E-state index in [9.17, 15) is 4.39 Å². The molecule has 3 rings (SSSR count). The molecule has 3 aromatic rings. The van der Waals surface area contributed by atoms with Gasteiger partial charge in [0.2, 0.25) is 0 Å². The molecule has 0 saturated heterocycles. The van der Waals surface area contributed by atoms with E-state index in [1.807, 2.05) is 30.3 Å². The molecule has 1 unspecified atom stereocenters. The Morgan fingerprint density at radius 2 is 1.95 bits per heavy atom. The number of benzene rings is 2. The van der Waals surface area contributed by atoms with E-state index in [-0.39, 0.29) is 5.82 Å². The van der Waals surface area contributed by atoms with Crippen LogP contribution in [0.5, 0.6) is 5.75 Å². The molecule has 4 heteroatoms. The van der Waals surface area contributed by atoms with Gasteiger partial charge in [-0.05, 0) is 31.3 Å². The Morgan fingerprint density at radius 3 is 2.67 bits per heavy atom. The van der Waals surface area contributed by atoms with Crippen molar-refractivity contribution in [2.45, 2.75) is 6.04 Å². The molecule has 0 aliphatic rings. The largest absolute Gasteiger partial charge is 0.496 e. The van der Waals surface area contributed by atoms with Crippen molar-refractivity contribution in [2.24, 2.45) is 0 Å². The van der Waals surface area contributed by atoms with Crippen LogP contribution in [0.4, 0.5) is 4.39 Å². The number of hydrogen-bond acceptors (Lipinski definition) is 3. The third kappa shape index (κ3) is 2.38. The second kappa shape index (κ2) is 5.58. The lowest BCUT2D eigenvalue weighted by molar-refractivity contribution is 0.391. The summed E-state index contributed by atoms with van der Waals surface area (Å²) < 4.78 is 25.4. The topological polar surface area (TPSA) is 34.4 Å². The summed E-state index contributed by atoms with van der Waals surface area (Å²) in [6.07, 6.45) is 0. The molecule has 0 aliphatic carbocycles. The summed E-state index contributed by atoms with van der Waals surface area (Å²) in [5.41, 5.74) is 1.23. The van der Waals surface area contributed by atoms with Gasteiger partial charge in [-0.15, -0.1) is 0 Å². The van der Waals surface area contributed by atoms with Gasteiger partial charge in [0.1, 0.15) is 22.9 Å². The zero-order chi connectivity index (χ0) is 14.8. The molecule has 0 bridgehead atoms. The van der Waals surface area contributed by atoms with Crippen LogP contribution in [0, 0.1) is 5.82 Å². The van der Waals surface area contributed by atoms with Gasteiger partial charge in [0.15, 0.2) is 0 Å². The van der Waals surface area contributed by atoms with Gasteiger partial charge in [-0.1, -0.05) is 24.3 Å². The molecule has 3 nitrogen and oxygen atoms in total. The van der Waals surface area contributed by atoms with E-state index in [0.717, 1.165) is 11.0 Å². The first-order valence-electron chi connectivity index (χ1n) is 6.72. The predicted octanol–water partition coefficient (Wildman–Crippen LogP) is 3.89. The van der Waals surface area contributed by atoms with Crippen LogP contribution >= 0.6 is 0 Å². The summed E-state index contributed by atoms with van der Waals surface area (Å²) in [4.78, 5) is 0. The molecule has 2 aromatic carbocycles. The van der Waals surface area contributed by atoms with Crippen LogP contribution < -0.4 is 10.1 Å². The van der Waals surface area contributed by atoms with Crippen LogP contribution in [0.15, 0.2) is 52.9 Å². The molecular weight excluding hydrogens is 269 g/mol. The minimum absolute atomic E-state index is 0.325. The SMILES string of the molecule is CNC(c1cc2ccccc2o1)c1c(F)cccc1OC. The fraction of sp³-hybridized carbons (Fsp3) is 0.176. The number of fused-ring (bicyclic) bond motifs is 1. The van der Waals surface area contributed by atoms with Crippen molar-refractivity contribution in [3.8, 4) is 5.75 Å². The molecule has 1 N–H and O–H groups in total. The van der Waals surface area contributed by atoms with Crippen LogP contribution in [0.1, 0.15) is 17.4 Å². The lowest BCUT2D eigenvalue weighted by atomic mass is 10.0. The quantitative estimate of drug-likeness (QED) is 0.789. The Labute approximate surface area is 122 Å². The first-order valence-corrected chi connectivity index (χ1v) is 6.72. The number of furan rings is 1. The van der Waals surface area contributed by atoms with Gasteiger partial charge in [0.25, 0.3) is 0 Å². The summed E-state index contributed by atoms with van der Waals surface area (Å²) >= 11 is 0. The lowest BCUT2D eigenvalue weighted by Crippen LogP contribution is -2.19. The van der Waals surface area contributed by atoms with Crippen LogP contribution in [0.25, 0.3) is 11.0 Å². The van der Waals surface area contributed by atoms with Gasteiger partial charge in [0, 0.05) is 5.39 Å². The zero-order valence-electron chi connectivity index (χ0n) is 11.9. The van der Waals surface area contributed by atoms with Crippen LogP contribution in [-0.4, -0.2) is 14.2 Å².